The monoisotopic (exact) mass is 436 g/mol. The number of aryl methyl sites for hydroxylation is 3. The summed E-state index contributed by atoms with van der Waals surface area (Å²) in [4.78, 5) is 26.8. The topological polar surface area (TPSA) is 68.9 Å². The van der Waals surface area contributed by atoms with Crippen molar-refractivity contribution in [2.24, 2.45) is 0 Å². The van der Waals surface area contributed by atoms with Gasteiger partial charge in [-0.3, -0.25) is 9.36 Å². The molecule has 0 spiro atoms. The maximum absolute atomic E-state index is 13.0. The Hall–Kier alpha value is -2.67. The first-order valence-electron chi connectivity index (χ1n) is 11.3. The summed E-state index contributed by atoms with van der Waals surface area (Å²) >= 11 is 1.64. The van der Waals surface area contributed by atoms with Gasteiger partial charge in [0.05, 0.1) is 6.04 Å². The second kappa shape index (κ2) is 8.83. The first-order valence-corrected chi connectivity index (χ1v) is 12.2. The van der Waals surface area contributed by atoms with Crippen molar-refractivity contribution in [3.05, 3.63) is 73.6 Å². The van der Waals surface area contributed by atoms with Crippen molar-refractivity contribution in [2.75, 3.05) is 0 Å². The van der Waals surface area contributed by atoms with E-state index in [0.29, 0.717) is 6.54 Å². The number of carbonyl (C=O) groups is 1. The van der Waals surface area contributed by atoms with E-state index in [1.807, 2.05) is 11.4 Å². The average molecular weight is 437 g/mol. The Bertz CT molecular complexity index is 1130. The zero-order chi connectivity index (χ0) is 21.2. The molecule has 0 bridgehead atoms. The lowest BCUT2D eigenvalue weighted by atomic mass is 9.89. The van der Waals surface area contributed by atoms with Crippen LogP contribution in [-0.2, 0) is 37.1 Å². The summed E-state index contributed by atoms with van der Waals surface area (Å²) in [7, 11) is 0. The van der Waals surface area contributed by atoms with Crippen LogP contribution in [0.2, 0.25) is 0 Å². The lowest BCUT2D eigenvalue weighted by molar-refractivity contribution is -0.122. The fraction of sp³-hybridized carbons (Fsp3) is 0.458. The van der Waals surface area contributed by atoms with E-state index in [1.54, 1.807) is 15.9 Å². The Balaban J connectivity index is 1.38. The predicted octanol–water partition coefficient (Wildman–Crippen LogP) is 3.62. The van der Waals surface area contributed by atoms with Gasteiger partial charge in [0, 0.05) is 17.8 Å². The quantitative estimate of drug-likeness (QED) is 0.664. The molecule has 1 amide bonds. The van der Waals surface area contributed by atoms with Gasteiger partial charge in [0.1, 0.15) is 12.4 Å². The molecule has 1 aliphatic heterocycles. The molecule has 0 unspecified atom stereocenters. The summed E-state index contributed by atoms with van der Waals surface area (Å²) in [6.07, 6.45) is 8.67. The predicted molar refractivity (Wildman–Crippen MR) is 121 cm³/mol. The molecule has 7 heteroatoms. The van der Waals surface area contributed by atoms with E-state index >= 15 is 0 Å². The molecule has 2 aromatic heterocycles. The van der Waals surface area contributed by atoms with Gasteiger partial charge in [-0.1, -0.05) is 30.7 Å². The van der Waals surface area contributed by atoms with Crippen LogP contribution in [0.4, 0.5) is 0 Å². The van der Waals surface area contributed by atoms with Gasteiger partial charge in [0.25, 0.3) is 0 Å². The molecule has 0 saturated carbocycles. The number of aromatic nitrogens is 3. The summed E-state index contributed by atoms with van der Waals surface area (Å²) in [5.74, 6) is 0.617. The summed E-state index contributed by atoms with van der Waals surface area (Å²) < 4.78 is 3.06. The van der Waals surface area contributed by atoms with E-state index in [1.165, 1.54) is 28.7 Å². The van der Waals surface area contributed by atoms with Crippen LogP contribution in [0, 0.1) is 0 Å². The van der Waals surface area contributed by atoms with Gasteiger partial charge in [-0.05, 0) is 66.7 Å². The van der Waals surface area contributed by atoms with E-state index < -0.39 is 0 Å². The van der Waals surface area contributed by atoms with Crippen LogP contribution in [-0.4, -0.2) is 20.3 Å². The summed E-state index contributed by atoms with van der Waals surface area (Å²) in [6.45, 7) is 0.647. The second-order valence-corrected chi connectivity index (χ2v) is 9.55. The van der Waals surface area contributed by atoms with Crippen molar-refractivity contribution in [1.82, 2.24) is 19.7 Å². The van der Waals surface area contributed by atoms with Crippen LogP contribution >= 0.6 is 11.3 Å². The molecule has 31 heavy (non-hydrogen) atoms. The standard InChI is InChI=1S/C24H28N4O2S/c29-22(16-28-24(30)27-13-5-1-2-10-21(27)26-28)25-23(20-9-6-14-31-20)19-12-11-17-7-3-4-8-18(17)15-19/h6,9,11-12,14-15,23H,1-5,7-8,10,13,16H2,(H,25,29)/t23-/m1/s1. The number of benzene rings is 1. The molecule has 3 heterocycles. The van der Waals surface area contributed by atoms with Gasteiger partial charge in [-0.15, -0.1) is 11.3 Å². The van der Waals surface area contributed by atoms with E-state index in [-0.39, 0.29) is 24.2 Å². The van der Waals surface area contributed by atoms with Crippen molar-refractivity contribution in [3.8, 4) is 0 Å². The zero-order valence-corrected chi connectivity index (χ0v) is 18.5. The molecular formula is C24H28N4O2S. The van der Waals surface area contributed by atoms with Crippen molar-refractivity contribution in [2.45, 2.75) is 70.5 Å². The first kappa shape index (κ1) is 20.2. The number of hydrogen-bond donors (Lipinski definition) is 1. The molecular weight excluding hydrogens is 408 g/mol. The number of nitrogens with one attached hydrogen (secondary N) is 1. The van der Waals surface area contributed by atoms with E-state index in [0.717, 1.165) is 54.8 Å². The number of nitrogens with zero attached hydrogens (tertiary/aromatic N) is 3. The average Bonchev–Trinajstić information content (AvgIpc) is 3.34. The first-order chi connectivity index (χ1) is 15.2. The van der Waals surface area contributed by atoms with E-state index in [2.05, 4.69) is 34.7 Å². The minimum Gasteiger partial charge on any atom is -0.343 e. The fourth-order valence-corrected chi connectivity index (χ4v) is 5.58. The Labute approximate surface area is 185 Å². The summed E-state index contributed by atoms with van der Waals surface area (Å²) in [5, 5.41) is 9.66. The highest BCUT2D eigenvalue weighted by molar-refractivity contribution is 7.10. The number of hydrogen-bond acceptors (Lipinski definition) is 4. The van der Waals surface area contributed by atoms with Gasteiger partial charge in [0.2, 0.25) is 5.91 Å². The van der Waals surface area contributed by atoms with Crippen molar-refractivity contribution >= 4 is 17.2 Å². The minimum atomic E-state index is -0.212. The molecule has 0 saturated heterocycles. The largest absolute Gasteiger partial charge is 0.346 e. The number of rotatable bonds is 5. The molecule has 2 aliphatic rings. The molecule has 162 valence electrons. The van der Waals surface area contributed by atoms with Crippen LogP contribution in [0.1, 0.15) is 65.5 Å². The number of fused-ring (bicyclic) bond motifs is 2. The Morgan fingerprint density at radius 1 is 1.06 bits per heavy atom. The molecule has 6 nitrogen and oxygen atoms in total. The zero-order valence-electron chi connectivity index (χ0n) is 17.7. The Morgan fingerprint density at radius 2 is 1.90 bits per heavy atom. The molecule has 3 aromatic rings. The minimum absolute atomic E-state index is 0.0500. The third kappa shape index (κ3) is 4.24. The smallest absolute Gasteiger partial charge is 0.343 e. The highest BCUT2D eigenvalue weighted by Gasteiger charge is 2.22. The highest BCUT2D eigenvalue weighted by atomic mass is 32.1. The van der Waals surface area contributed by atoms with Crippen LogP contribution in [0.25, 0.3) is 0 Å². The van der Waals surface area contributed by atoms with Crippen LogP contribution in [0.3, 0.4) is 0 Å². The Morgan fingerprint density at radius 3 is 2.74 bits per heavy atom. The van der Waals surface area contributed by atoms with Crippen molar-refractivity contribution in [1.29, 1.82) is 0 Å². The van der Waals surface area contributed by atoms with Gasteiger partial charge in [-0.25, -0.2) is 9.48 Å². The molecule has 1 N–H and O–H groups in total. The molecule has 5 rings (SSSR count). The van der Waals surface area contributed by atoms with E-state index in [9.17, 15) is 9.59 Å². The number of carbonyl (C=O) groups excluding carboxylic acids is 1. The van der Waals surface area contributed by atoms with Crippen molar-refractivity contribution < 1.29 is 4.79 Å². The molecule has 1 aromatic carbocycles. The molecule has 1 aliphatic carbocycles. The Kier molecular flexibility index (Phi) is 5.76. The molecule has 0 fully saturated rings. The SMILES string of the molecule is O=C(Cn1nc2n(c1=O)CCCCC2)N[C@H](c1ccc2c(c1)CCCC2)c1cccs1. The van der Waals surface area contributed by atoms with Crippen molar-refractivity contribution in [3.63, 3.8) is 0 Å². The second-order valence-electron chi connectivity index (χ2n) is 8.57. The maximum atomic E-state index is 13.0. The summed E-state index contributed by atoms with van der Waals surface area (Å²) in [5.41, 5.74) is 3.75. The van der Waals surface area contributed by atoms with Crippen LogP contribution in [0.5, 0.6) is 0 Å². The maximum Gasteiger partial charge on any atom is 0.346 e. The fourth-order valence-electron chi connectivity index (χ4n) is 4.78. The van der Waals surface area contributed by atoms with Gasteiger partial charge < -0.3 is 5.32 Å². The lowest BCUT2D eigenvalue weighted by Crippen LogP contribution is -2.36. The van der Waals surface area contributed by atoms with Crippen LogP contribution in [0.15, 0.2) is 40.5 Å². The number of amides is 1. The molecule has 1 atom stereocenters. The summed E-state index contributed by atoms with van der Waals surface area (Å²) in [6, 6.07) is 10.5. The lowest BCUT2D eigenvalue weighted by Gasteiger charge is -2.22. The van der Waals surface area contributed by atoms with Gasteiger partial charge >= 0.3 is 5.69 Å². The van der Waals surface area contributed by atoms with Gasteiger partial charge in [0.15, 0.2) is 0 Å². The number of thiophene rings is 1. The van der Waals surface area contributed by atoms with Crippen LogP contribution < -0.4 is 11.0 Å². The van der Waals surface area contributed by atoms with E-state index in [4.69, 9.17) is 0 Å². The normalized spacial score (nSPS) is 16.8. The third-order valence-corrected chi connectivity index (χ3v) is 7.35. The molecule has 0 radical (unpaired) electrons. The van der Waals surface area contributed by atoms with Gasteiger partial charge in [-0.2, -0.15) is 5.10 Å². The highest BCUT2D eigenvalue weighted by Crippen LogP contribution is 2.30. The third-order valence-electron chi connectivity index (χ3n) is 6.41.